The van der Waals surface area contributed by atoms with Crippen molar-refractivity contribution < 1.29 is 19.0 Å². The van der Waals surface area contributed by atoms with Gasteiger partial charge in [0.25, 0.3) is 0 Å². The zero-order chi connectivity index (χ0) is 12.3. The maximum absolute atomic E-state index is 13.5. The highest BCUT2D eigenvalue weighted by Gasteiger charge is 2.32. The first kappa shape index (κ1) is 13.2. The molecule has 0 radical (unpaired) electrons. The molecule has 0 spiro atoms. The molecule has 16 heavy (non-hydrogen) atoms. The number of halogens is 1. The van der Waals surface area contributed by atoms with Crippen LogP contribution in [0.4, 0.5) is 9.18 Å². The van der Waals surface area contributed by atoms with E-state index in [0.29, 0.717) is 13.0 Å². The van der Waals surface area contributed by atoms with Crippen molar-refractivity contribution in [1.82, 2.24) is 4.90 Å². The molecule has 0 bridgehead atoms. The Morgan fingerprint density at radius 2 is 2.19 bits per heavy atom. The Morgan fingerprint density at radius 3 is 2.62 bits per heavy atom. The van der Waals surface area contributed by atoms with Gasteiger partial charge in [-0.25, -0.2) is 9.18 Å². The number of aliphatic hydroxyl groups is 1. The third kappa shape index (κ3) is 3.63. The monoisotopic (exact) mass is 233 g/mol. The maximum Gasteiger partial charge on any atom is 0.410 e. The Kier molecular flexibility index (Phi) is 4.13. The smallest absolute Gasteiger partial charge is 0.410 e. The van der Waals surface area contributed by atoms with Gasteiger partial charge in [0, 0.05) is 19.1 Å². The van der Waals surface area contributed by atoms with E-state index in [9.17, 15) is 9.18 Å². The van der Waals surface area contributed by atoms with E-state index in [-0.39, 0.29) is 19.1 Å². The van der Waals surface area contributed by atoms with E-state index >= 15 is 0 Å². The first-order chi connectivity index (χ1) is 7.33. The molecule has 1 amide bonds. The van der Waals surface area contributed by atoms with Crippen LogP contribution in [0.2, 0.25) is 0 Å². The van der Waals surface area contributed by atoms with Crippen LogP contribution in [0.1, 0.15) is 27.2 Å². The molecule has 2 atom stereocenters. The third-order valence-corrected chi connectivity index (χ3v) is 2.56. The van der Waals surface area contributed by atoms with Crippen LogP contribution in [0.3, 0.4) is 0 Å². The lowest BCUT2D eigenvalue weighted by Crippen LogP contribution is -2.47. The Balaban J connectivity index is 2.48. The number of carbonyl (C=O) groups excluding carboxylic acids is 1. The summed E-state index contributed by atoms with van der Waals surface area (Å²) < 4.78 is 18.6. The molecule has 1 fully saturated rings. The highest BCUT2D eigenvalue weighted by molar-refractivity contribution is 5.68. The third-order valence-electron chi connectivity index (χ3n) is 2.56. The molecule has 5 heteroatoms. The molecule has 4 nitrogen and oxygen atoms in total. The summed E-state index contributed by atoms with van der Waals surface area (Å²) in [4.78, 5) is 13.0. The topological polar surface area (TPSA) is 49.8 Å². The van der Waals surface area contributed by atoms with Crippen molar-refractivity contribution in [2.24, 2.45) is 5.92 Å². The predicted molar refractivity (Wildman–Crippen MR) is 57.9 cm³/mol. The normalized spacial score (nSPS) is 26.7. The van der Waals surface area contributed by atoms with Crippen molar-refractivity contribution in [2.45, 2.75) is 39.0 Å². The van der Waals surface area contributed by atoms with Crippen molar-refractivity contribution in [3.8, 4) is 0 Å². The van der Waals surface area contributed by atoms with Crippen molar-refractivity contribution in [2.75, 3.05) is 19.7 Å². The molecule has 0 aliphatic carbocycles. The molecule has 1 aliphatic rings. The number of nitrogens with zero attached hydrogens (tertiary/aromatic N) is 1. The largest absolute Gasteiger partial charge is 0.444 e. The molecular weight excluding hydrogens is 213 g/mol. The van der Waals surface area contributed by atoms with Gasteiger partial charge in [0.2, 0.25) is 0 Å². The maximum atomic E-state index is 13.5. The molecule has 1 N–H and O–H groups in total. The highest BCUT2D eigenvalue weighted by atomic mass is 19.1. The van der Waals surface area contributed by atoms with Crippen LogP contribution in [0.5, 0.6) is 0 Å². The molecule has 94 valence electrons. The Morgan fingerprint density at radius 1 is 1.56 bits per heavy atom. The summed E-state index contributed by atoms with van der Waals surface area (Å²) in [6.07, 6.45) is -1.16. The van der Waals surface area contributed by atoms with Gasteiger partial charge in [0.05, 0.1) is 6.54 Å². The zero-order valence-electron chi connectivity index (χ0n) is 10.1. The second kappa shape index (κ2) is 4.99. The quantitative estimate of drug-likeness (QED) is 0.748. The Bertz CT molecular complexity index is 252. The van der Waals surface area contributed by atoms with Gasteiger partial charge in [-0.05, 0) is 27.2 Å². The molecule has 1 rings (SSSR count). The number of aliphatic hydroxyl groups excluding tert-OH is 1. The minimum atomic E-state index is -1.16. The standard InChI is InChI=1S/C11H20FNO3/c1-11(2,3)16-10(15)13-5-4-8(7-14)9(12)6-13/h8-9,14H,4-7H2,1-3H3. The molecular formula is C11H20FNO3. The van der Waals surface area contributed by atoms with Crippen LogP contribution in [-0.2, 0) is 4.74 Å². The van der Waals surface area contributed by atoms with E-state index < -0.39 is 17.9 Å². The van der Waals surface area contributed by atoms with E-state index in [4.69, 9.17) is 9.84 Å². The van der Waals surface area contributed by atoms with Crippen molar-refractivity contribution >= 4 is 6.09 Å². The van der Waals surface area contributed by atoms with Gasteiger partial charge in [0.1, 0.15) is 11.8 Å². The first-order valence-corrected chi connectivity index (χ1v) is 5.56. The Hall–Kier alpha value is -0.840. The Labute approximate surface area is 95.4 Å². The van der Waals surface area contributed by atoms with Gasteiger partial charge in [0.15, 0.2) is 0 Å². The SMILES string of the molecule is CC(C)(C)OC(=O)N1CCC(CO)C(F)C1. The minimum Gasteiger partial charge on any atom is -0.444 e. The number of hydrogen-bond acceptors (Lipinski definition) is 3. The summed E-state index contributed by atoms with van der Waals surface area (Å²) in [5, 5.41) is 8.90. The number of ether oxygens (including phenoxy) is 1. The lowest BCUT2D eigenvalue weighted by molar-refractivity contribution is -0.00115. The van der Waals surface area contributed by atoms with E-state index in [1.54, 1.807) is 20.8 Å². The molecule has 1 heterocycles. The average molecular weight is 233 g/mol. The average Bonchev–Trinajstić information content (AvgIpc) is 2.15. The molecule has 0 aromatic rings. The number of likely N-dealkylation sites (tertiary alicyclic amines) is 1. The minimum absolute atomic E-state index is 0.0140. The second-order valence-electron chi connectivity index (χ2n) is 5.17. The van der Waals surface area contributed by atoms with Gasteiger partial charge in [-0.2, -0.15) is 0 Å². The van der Waals surface area contributed by atoms with Gasteiger partial charge < -0.3 is 14.7 Å². The molecule has 1 aliphatic heterocycles. The number of hydrogen-bond donors (Lipinski definition) is 1. The number of rotatable bonds is 1. The van der Waals surface area contributed by atoms with Crippen molar-refractivity contribution in [1.29, 1.82) is 0 Å². The fraction of sp³-hybridized carbons (Fsp3) is 0.909. The fourth-order valence-corrected chi connectivity index (χ4v) is 1.65. The van der Waals surface area contributed by atoms with Crippen LogP contribution >= 0.6 is 0 Å². The van der Waals surface area contributed by atoms with E-state index in [1.807, 2.05) is 0 Å². The summed E-state index contributed by atoms with van der Waals surface area (Å²) in [6, 6.07) is 0. The number of amides is 1. The summed E-state index contributed by atoms with van der Waals surface area (Å²) in [5.74, 6) is -0.348. The van der Waals surface area contributed by atoms with Gasteiger partial charge in [-0.1, -0.05) is 0 Å². The van der Waals surface area contributed by atoms with Crippen LogP contribution in [-0.4, -0.2) is 47.6 Å². The lowest BCUT2D eigenvalue weighted by Gasteiger charge is -2.34. The van der Waals surface area contributed by atoms with Gasteiger partial charge in [-0.3, -0.25) is 0 Å². The van der Waals surface area contributed by atoms with Crippen molar-refractivity contribution in [3.63, 3.8) is 0 Å². The highest BCUT2D eigenvalue weighted by Crippen LogP contribution is 2.21. The van der Waals surface area contributed by atoms with Crippen molar-refractivity contribution in [3.05, 3.63) is 0 Å². The molecule has 2 unspecified atom stereocenters. The summed E-state index contributed by atoms with van der Waals surface area (Å²) in [6.45, 7) is 5.62. The van der Waals surface area contributed by atoms with Gasteiger partial charge in [-0.15, -0.1) is 0 Å². The summed E-state index contributed by atoms with van der Waals surface area (Å²) in [5.41, 5.74) is -0.559. The number of alkyl halides is 1. The second-order valence-corrected chi connectivity index (χ2v) is 5.17. The molecule has 1 saturated heterocycles. The number of carbonyl (C=O) groups is 1. The van der Waals surface area contributed by atoms with E-state index in [0.717, 1.165) is 0 Å². The summed E-state index contributed by atoms with van der Waals surface area (Å²) in [7, 11) is 0. The number of piperidine rings is 1. The van der Waals surface area contributed by atoms with Crippen LogP contribution in [0.15, 0.2) is 0 Å². The van der Waals surface area contributed by atoms with E-state index in [2.05, 4.69) is 0 Å². The van der Waals surface area contributed by atoms with Crippen LogP contribution < -0.4 is 0 Å². The molecule has 0 aromatic carbocycles. The summed E-state index contributed by atoms with van der Waals surface area (Å²) >= 11 is 0. The first-order valence-electron chi connectivity index (χ1n) is 5.56. The van der Waals surface area contributed by atoms with Crippen LogP contribution in [0.25, 0.3) is 0 Å². The zero-order valence-corrected chi connectivity index (χ0v) is 10.1. The lowest BCUT2D eigenvalue weighted by atomic mass is 9.96. The fourth-order valence-electron chi connectivity index (χ4n) is 1.65. The predicted octanol–water partition coefficient (Wildman–Crippen LogP) is 1.57. The van der Waals surface area contributed by atoms with Crippen LogP contribution in [0, 0.1) is 5.92 Å². The van der Waals surface area contributed by atoms with Gasteiger partial charge >= 0.3 is 6.09 Å². The molecule has 0 saturated carbocycles. The molecule has 0 aromatic heterocycles. The van der Waals surface area contributed by atoms with E-state index in [1.165, 1.54) is 4.90 Å².